The molecule has 2 atom stereocenters. The van der Waals surface area contributed by atoms with Gasteiger partial charge in [-0.3, -0.25) is 34.0 Å². The summed E-state index contributed by atoms with van der Waals surface area (Å²) in [6.45, 7) is 6.33. The number of rotatable bonds is 7. The molecule has 1 saturated heterocycles. The maximum atomic E-state index is 12.1. The van der Waals surface area contributed by atoms with Crippen LogP contribution in [0.2, 0.25) is 0 Å². The van der Waals surface area contributed by atoms with Gasteiger partial charge in [-0.25, -0.2) is 0 Å². The number of likely N-dealkylation sites (N-methyl/N-ethyl adjacent to an activating group) is 3. The van der Waals surface area contributed by atoms with Crippen LogP contribution in [0.4, 0.5) is 0 Å². The molecule has 34 heavy (non-hydrogen) atoms. The first-order valence-corrected chi connectivity index (χ1v) is 12.6. The molecule has 0 aromatic carbocycles. The minimum absolute atomic E-state index is 0.0362. The zero-order valence-corrected chi connectivity index (χ0v) is 21.2. The Morgan fingerprint density at radius 2 is 1.00 bits per heavy atom. The van der Waals surface area contributed by atoms with E-state index >= 15 is 0 Å². The van der Waals surface area contributed by atoms with Crippen LogP contribution in [0, 0.1) is 0 Å². The Morgan fingerprint density at radius 1 is 0.647 bits per heavy atom. The third-order valence-corrected chi connectivity index (χ3v) is 6.97. The minimum Gasteiger partial charge on any atom is -0.391 e. The third kappa shape index (κ3) is 9.83. The summed E-state index contributed by atoms with van der Waals surface area (Å²) in [6, 6.07) is 0.102. The second-order valence-electron chi connectivity index (χ2n) is 9.30. The van der Waals surface area contributed by atoms with E-state index in [0.717, 1.165) is 38.8 Å². The molecule has 1 aliphatic heterocycles. The van der Waals surface area contributed by atoms with Crippen molar-refractivity contribution < 1.29 is 19.5 Å². The van der Waals surface area contributed by atoms with Crippen molar-refractivity contribution in [2.24, 2.45) is 0 Å². The first-order valence-electron chi connectivity index (χ1n) is 12.6. The summed E-state index contributed by atoms with van der Waals surface area (Å²) < 4.78 is 0. The van der Waals surface area contributed by atoms with Gasteiger partial charge in [-0.15, -0.1) is 0 Å². The van der Waals surface area contributed by atoms with E-state index in [2.05, 4.69) is 35.6 Å². The van der Waals surface area contributed by atoms with E-state index in [1.807, 2.05) is 0 Å². The molecule has 2 aliphatic rings. The smallest absolute Gasteiger partial charge is 0.233 e. The largest absolute Gasteiger partial charge is 0.391 e. The SMILES string of the molecule is CNC(=O)CN1CCN(CC(=O)NC)CCN([C@@H]2CCCC[C@H]2O)CCN(CC(=O)NC)CC1. The molecule has 0 unspecified atom stereocenters. The third-order valence-electron chi connectivity index (χ3n) is 6.97. The summed E-state index contributed by atoms with van der Waals surface area (Å²) in [5, 5.41) is 18.8. The molecular formula is C23H45N7O4. The van der Waals surface area contributed by atoms with Gasteiger partial charge in [0, 0.05) is 79.5 Å². The summed E-state index contributed by atoms with van der Waals surface area (Å²) in [6.07, 6.45) is 3.60. The highest BCUT2D eigenvalue weighted by Crippen LogP contribution is 2.23. The maximum absolute atomic E-state index is 12.1. The fourth-order valence-corrected chi connectivity index (χ4v) is 4.72. The van der Waals surface area contributed by atoms with Crippen molar-refractivity contribution in [1.82, 2.24) is 35.6 Å². The Bertz CT molecular complexity index is 617. The molecule has 2 rings (SSSR count). The van der Waals surface area contributed by atoms with Crippen LogP contribution in [0.1, 0.15) is 25.7 Å². The van der Waals surface area contributed by atoms with Crippen molar-refractivity contribution in [3.63, 3.8) is 0 Å². The Kier molecular flexibility index (Phi) is 12.8. The molecule has 196 valence electrons. The fraction of sp³-hybridized carbons (Fsp3) is 0.870. The second kappa shape index (κ2) is 15.3. The summed E-state index contributed by atoms with van der Waals surface area (Å²) >= 11 is 0. The fourth-order valence-electron chi connectivity index (χ4n) is 4.72. The lowest BCUT2D eigenvalue weighted by molar-refractivity contribution is -0.124. The van der Waals surface area contributed by atoms with Crippen molar-refractivity contribution in [2.75, 3.05) is 93.1 Å². The first kappa shape index (κ1) is 28.4. The van der Waals surface area contributed by atoms with Gasteiger partial charge < -0.3 is 21.1 Å². The Labute approximate surface area is 204 Å². The topological polar surface area (TPSA) is 120 Å². The van der Waals surface area contributed by atoms with Gasteiger partial charge in [0.1, 0.15) is 0 Å². The van der Waals surface area contributed by atoms with Crippen LogP contribution in [-0.4, -0.2) is 148 Å². The molecule has 1 heterocycles. The Morgan fingerprint density at radius 3 is 1.35 bits per heavy atom. The Balaban J connectivity index is 2.19. The van der Waals surface area contributed by atoms with Gasteiger partial charge in [0.2, 0.25) is 17.7 Å². The molecule has 0 aromatic heterocycles. The first-order chi connectivity index (χ1) is 16.4. The number of aliphatic hydroxyl groups is 1. The number of hydrogen-bond acceptors (Lipinski definition) is 8. The quantitative estimate of drug-likeness (QED) is 0.321. The number of carbonyl (C=O) groups excluding carboxylic acids is 3. The number of nitrogens with zero attached hydrogens (tertiary/aromatic N) is 4. The van der Waals surface area contributed by atoms with Crippen LogP contribution >= 0.6 is 0 Å². The van der Waals surface area contributed by atoms with Crippen molar-refractivity contribution >= 4 is 17.7 Å². The standard InChI is InChI=1S/C23H45N7O4/c1-24-21(32)16-27-8-10-28(17-22(33)25-2)12-14-30(19-6-4-5-7-20(19)31)15-13-29(11-9-27)18-23(34)26-3/h19-20,31H,4-18H2,1-3H3,(H,24,32)(H,25,33)(H,26,34)/t19-,20-/m1/s1. The molecule has 11 heteroatoms. The molecule has 0 radical (unpaired) electrons. The van der Waals surface area contributed by atoms with Gasteiger partial charge in [-0.2, -0.15) is 0 Å². The predicted molar refractivity (Wildman–Crippen MR) is 131 cm³/mol. The van der Waals surface area contributed by atoms with Gasteiger partial charge in [-0.1, -0.05) is 12.8 Å². The molecule has 0 spiro atoms. The molecule has 11 nitrogen and oxygen atoms in total. The number of aliphatic hydroxyl groups excluding tert-OH is 1. The molecule has 2 fully saturated rings. The van der Waals surface area contributed by atoms with Crippen molar-refractivity contribution in [2.45, 2.75) is 37.8 Å². The van der Waals surface area contributed by atoms with Crippen LogP contribution < -0.4 is 16.0 Å². The molecule has 3 amide bonds. The van der Waals surface area contributed by atoms with E-state index in [1.54, 1.807) is 21.1 Å². The molecule has 4 N–H and O–H groups in total. The highest BCUT2D eigenvalue weighted by molar-refractivity contribution is 5.78. The highest BCUT2D eigenvalue weighted by Gasteiger charge is 2.30. The molecule has 0 aromatic rings. The normalized spacial score (nSPS) is 25.1. The van der Waals surface area contributed by atoms with Crippen molar-refractivity contribution in [3.05, 3.63) is 0 Å². The van der Waals surface area contributed by atoms with E-state index in [1.165, 1.54) is 0 Å². The van der Waals surface area contributed by atoms with Crippen molar-refractivity contribution in [3.8, 4) is 0 Å². The van der Waals surface area contributed by atoms with E-state index in [9.17, 15) is 19.5 Å². The zero-order chi connectivity index (χ0) is 24.9. The number of hydrogen-bond donors (Lipinski definition) is 4. The summed E-state index contributed by atoms with van der Waals surface area (Å²) in [5.41, 5.74) is 0. The van der Waals surface area contributed by atoms with Crippen LogP contribution in [0.3, 0.4) is 0 Å². The lowest BCUT2D eigenvalue weighted by Crippen LogP contribution is -2.54. The monoisotopic (exact) mass is 483 g/mol. The lowest BCUT2D eigenvalue weighted by atomic mass is 9.91. The van der Waals surface area contributed by atoms with E-state index in [4.69, 9.17) is 0 Å². The van der Waals surface area contributed by atoms with Crippen molar-refractivity contribution in [1.29, 1.82) is 0 Å². The maximum Gasteiger partial charge on any atom is 0.233 e. The molecule has 0 bridgehead atoms. The number of amides is 3. The van der Waals surface area contributed by atoms with E-state index in [0.29, 0.717) is 52.4 Å². The zero-order valence-electron chi connectivity index (χ0n) is 21.2. The summed E-state index contributed by atoms with van der Waals surface area (Å²) in [5.74, 6) is -0.128. The molecule has 1 saturated carbocycles. The lowest BCUT2D eigenvalue weighted by Gasteiger charge is -2.40. The number of carbonyl (C=O) groups is 3. The van der Waals surface area contributed by atoms with Gasteiger partial charge in [0.25, 0.3) is 0 Å². The average Bonchev–Trinajstić information content (AvgIpc) is 2.84. The van der Waals surface area contributed by atoms with E-state index < -0.39 is 0 Å². The molecular weight excluding hydrogens is 438 g/mol. The van der Waals surface area contributed by atoms with Gasteiger partial charge in [0.05, 0.1) is 25.7 Å². The van der Waals surface area contributed by atoms with Crippen LogP contribution in [0.15, 0.2) is 0 Å². The molecule has 1 aliphatic carbocycles. The average molecular weight is 484 g/mol. The van der Waals surface area contributed by atoms with E-state index in [-0.39, 0.29) is 36.4 Å². The minimum atomic E-state index is -0.343. The van der Waals surface area contributed by atoms with Crippen LogP contribution in [0.25, 0.3) is 0 Å². The van der Waals surface area contributed by atoms with Gasteiger partial charge in [0.15, 0.2) is 0 Å². The summed E-state index contributed by atoms with van der Waals surface area (Å²) in [4.78, 5) is 45.0. The predicted octanol–water partition coefficient (Wildman–Crippen LogP) is -2.25. The Hall–Kier alpha value is -1.79. The second-order valence-corrected chi connectivity index (χ2v) is 9.30. The van der Waals surface area contributed by atoms with Crippen LogP contribution in [0.5, 0.6) is 0 Å². The van der Waals surface area contributed by atoms with Crippen LogP contribution in [-0.2, 0) is 14.4 Å². The highest BCUT2D eigenvalue weighted by atomic mass is 16.3. The van der Waals surface area contributed by atoms with Gasteiger partial charge in [-0.05, 0) is 12.8 Å². The van der Waals surface area contributed by atoms with Gasteiger partial charge >= 0.3 is 0 Å². The number of nitrogens with one attached hydrogen (secondary N) is 3. The summed E-state index contributed by atoms with van der Waals surface area (Å²) in [7, 11) is 4.91.